The summed E-state index contributed by atoms with van der Waals surface area (Å²) in [5.41, 5.74) is 0. The normalized spacial score (nSPS) is 23.1. The quantitative estimate of drug-likeness (QED) is 0.881. The first-order chi connectivity index (χ1) is 9.75. The van der Waals surface area contributed by atoms with Gasteiger partial charge in [0.1, 0.15) is 11.9 Å². The summed E-state index contributed by atoms with van der Waals surface area (Å²) in [6.07, 6.45) is 3.78. The highest BCUT2D eigenvalue weighted by atomic mass is 79.9. The molecular formula is C14H19BrN4O. The van der Waals surface area contributed by atoms with Gasteiger partial charge in [-0.3, -0.25) is 4.79 Å². The molecule has 2 aliphatic heterocycles. The standard InChI is InChI=1S/C14H19BrN4O/c15-11-3-4-13(17-10-11)19-7-1-2-12(19)14(20)18-8-5-16-6-9-18/h3-4,10,12,16H,1-2,5-9H2. The van der Waals surface area contributed by atoms with Gasteiger partial charge in [-0.05, 0) is 40.9 Å². The Kier molecular flexibility index (Phi) is 4.21. The van der Waals surface area contributed by atoms with Crippen LogP contribution in [0.5, 0.6) is 0 Å². The Bertz CT molecular complexity index is 473. The van der Waals surface area contributed by atoms with Crippen LogP contribution in [0, 0.1) is 0 Å². The summed E-state index contributed by atoms with van der Waals surface area (Å²) in [4.78, 5) is 21.2. The average Bonchev–Trinajstić information content (AvgIpc) is 2.97. The summed E-state index contributed by atoms with van der Waals surface area (Å²) in [7, 11) is 0. The number of amides is 1. The van der Waals surface area contributed by atoms with Crippen molar-refractivity contribution in [2.45, 2.75) is 18.9 Å². The minimum atomic E-state index is -0.0400. The molecule has 1 aromatic heterocycles. The van der Waals surface area contributed by atoms with Crippen LogP contribution < -0.4 is 10.2 Å². The third-order valence-corrected chi connectivity index (χ3v) is 4.44. The maximum atomic E-state index is 12.7. The van der Waals surface area contributed by atoms with Gasteiger partial charge in [0.05, 0.1) is 0 Å². The number of nitrogens with zero attached hydrogens (tertiary/aromatic N) is 3. The van der Waals surface area contributed by atoms with Crippen molar-refractivity contribution in [2.24, 2.45) is 0 Å². The Morgan fingerprint density at radius 1 is 1.30 bits per heavy atom. The van der Waals surface area contributed by atoms with Crippen molar-refractivity contribution >= 4 is 27.7 Å². The molecule has 5 nitrogen and oxygen atoms in total. The number of aromatic nitrogens is 1. The second kappa shape index (κ2) is 6.10. The first-order valence-corrected chi connectivity index (χ1v) is 7.93. The minimum Gasteiger partial charge on any atom is -0.345 e. The molecule has 6 heteroatoms. The van der Waals surface area contributed by atoms with Crippen molar-refractivity contribution < 1.29 is 4.79 Å². The third kappa shape index (κ3) is 2.81. The maximum absolute atomic E-state index is 12.7. The van der Waals surface area contributed by atoms with E-state index in [0.29, 0.717) is 0 Å². The van der Waals surface area contributed by atoms with Crippen LogP contribution >= 0.6 is 15.9 Å². The summed E-state index contributed by atoms with van der Waals surface area (Å²) in [5, 5.41) is 3.28. The zero-order valence-corrected chi connectivity index (χ0v) is 13.0. The van der Waals surface area contributed by atoms with Crippen LogP contribution in [0.2, 0.25) is 0 Å². The first-order valence-electron chi connectivity index (χ1n) is 7.13. The summed E-state index contributed by atoms with van der Waals surface area (Å²) < 4.78 is 0.963. The molecule has 0 radical (unpaired) electrons. The number of pyridine rings is 1. The van der Waals surface area contributed by atoms with Crippen LogP contribution in [0.15, 0.2) is 22.8 Å². The number of hydrogen-bond acceptors (Lipinski definition) is 4. The van der Waals surface area contributed by atoms with E-state index < -0.39 is 0 Å². The van der Waals surface area contributed by atoms with Gasteiger partial charge in [-0.2, -0.15) is 0 Å². The highest BCUT2D eigenvalue weighted by Gasteiger charge is 2.34. The molecule has 2 aliphatic rings. The fourth-order valence-corrected chi connectivity index (χ4v) is 3.17. The van der Waals surface area contributed by atoms with Crippen LogP contribution in [0.4, 0.5) is 5.82 Å². The second-order valence-corrected chi connectivity index (χ2v) is 6.18. The van der Waals surface area contributed by atoms with E-state index in [2.05, 4.69) is 31.1 Å². The number of rotatable bonds is 2. The van der Waals surface area contributed by atoms with Crippen molar-refractivity contribution in [1.82, 2.24) is 15.2 Å². The summed E-state index contributed by atoms with van der Waals surface area (Å²) in [6.45, 7) is 4.34. The lowest BCUT2D eigenvalue weighted by atomic mass is 10.1. The van der Waals surface area contributed by atoms with Crippen LogP contribution in [0.1, 0.15) is 12.8 Å². The van der Waals surface area contributed by atoms with Crippen LogP contribution in [-0.2, 0) is 4.79 Å². The van der Waals surface area contributed by atoms with Gasteiger partial charge >= 0.3 is 0 Å². The van der Waals surface area contributed by atoms with E-state index in [1.807, 2.05) is 17.0 Å². The van der Waals surface area contributed by atoms with Crippen molar-refractivity contribution in [3.8, 4) is 0 Å². The van der Waals surface area contributed by atoms with Gasteiger partial charge < -0.3 is 15.1 Å². The monoisotopic (exact) mass is 338 g/mol. The maximum Gasteiger partial charge on any atom is 0.245 e. The van der Waals surface area contributed by atoms with E-state index in [1.165, 1.54) is 0 Å². The molecule has 3 rings (SSSR count). The molecule has 2 fully saturated rings. The largest absolute Gasteiger partial charge is 0.345 e. The molecule has 0 spiro atoms. The SMILES string of the molecule is O=C(C1CCCN1c1ccc(Br)cn1)N1CCNCC1. The number of halogens is 1. The number of piperazine rings is 1. The second-order valence-electron chi connectivity index (χ2n) is 5.26. The predicted molar refractivity (Wildman–Crippen MR) is 81.8 cm³/mol. The fraction of sp³-hybridized carbons (Fsp3) is 0.571. The Labute approximate surface area is 127 Å². The summed E-state index contributed by atoms with van der Waals surface area (Å²) in [6, 6.07) is 3.92. The molecular weight excluding hydrogens is 320 g/mol. The molecule has 20 heavy (non-hydrogen) atoms. The zero-order chi connectivity index (χ0) is 13.9. The van der Waals surface area contributed by atoms with E-state index in [4.69, 9.17) is 0 Å². The van der Waals surface area contributed by atoms with Crippen molar-refractivity contribution in [3.05, 3.63) is 22.8 Å². The Morgan fingerprint density at radius 3 is 2.80 bits per heavy atom. The van der Waals surface area contributed by atoms with Crippen LogP contribution in [0.25, 0.3) is 0 Å². The van der Waals surface area contributed by atoms with Crippen molar-refractivity contribution in [2.75, 3.05) is 37.6 Å². The minimum absolute atomic E-state index is 0.0400. The lowest BCUT2D eigenvalue weighted by Crippen LogP contribution is -2.52. The van der Waals surface area contributed by atoms with Gasteiger partial charge in [-0.15, -0.1) is 0 Å². The molecule has 0 aliphatic carbocycles. The van der Waals surface area contributed by atoms with Gasteiger partial charge in [0, 0.05) is 43.4 Å². The van der Waals surface area contributed by atoms with Crippen LogP contribution in [0.3, 0.4) is 0 Å². The molecule has 0 aromatic carbocycles. The molecule has 1 unspecified atom stereocenters. The lowest BCUT2D eigenvalue weighted by molar-refractivity contribution is -0.133. The number of carbonyl (C=O) groups excluding carboxylic acids is 1. The van der Waals surface area contributed by atoms with E-state index in [-0.39, 0.29) is 11.9 Å². The molecule has 0 bridgehead atoms. The molecule has 3 heterocycles. The van der Waals surface area contributed by atoms with Crippen molar-refractivity contribution in [3.63, 3.8) is 0 Å². The van der Waals surface area contributed by atoms with E-state index >= 15 is 0 Å². The molecule has 108 valence electrons. The lowest BCUT2D eigenvalue weighted by Gasteiger charge is -2.33. The van der Waals surface area contributed by atoms with Gasteiger partial charge in [-0.25, -0.2) is 4.98 Å². The summed E-state index contributed by atoms with van der Waals surface area (Å²) >= 11 is 3.40. The first kappa shape index (κ1) is 13.8. The van der Waals surface area contributed by atoms with Gasteiger partial charge in [0.2, 0.25) is 5.91 Å². The van der Waals surface area contributed by atoms with Crippen LogP contribution in [-0.4, -0.2) is 54.6 Å². The Balaban J connectivity index is 1.74. The van der Waals surface area contributed by atoms with E-state index in [0.717, 1.165) is 55.9 Å². The van der Waals surface area contributed by atoms with Gasteiger partial charge in [-0.1, -0.05) is 0 Å². The molecule has 2 saturated heterocycles. The molecule has 1 amide bonds. The molecule has 1 N–H and O–H groups in total. The van der Waals surface area contributed by atoms with E-state index in [9.17, 15) is 4.79 Å². The Hall–Kier alpha value is -1.14. The third-order valence-electron chi connectivity index (χ3n) is 3.97. The highest BCUT2D eigenvalue weighted by Crippen LogP contribution is 2.26. The molecule has 0 saturated carbocycles. The Morgan fingerprint density at radius 2 is 2.10 bits per heavy atom. The average molecular weight is 339 g/mol. The number of nitrogens with one attached hydrogen (secondary N) is 1. The number of hydrogen-bond donors (Lipinski definition) is 1. The van der Waals surface area contributed by atoms with Gasteiger partial charge in [0.25, 0.3) is 0 Å². The van der Waals surface area contributed by atoms with Crippen molar-refractivity contribution in [1.29, 1.82) is 0 Å². The predicted octanol–water partition coefficient (Wildman–Crippen LogP) is 1.24. The zero-order valence-electron chi connectivity index (χ0n) is 11.4. The molecule has 1 aromatic rings. The number of anilines is 1. The topological polar surface area (TPSA) is 48.5 Å². The summed E-state index contributed by atoms with van der Waals surface area (Å²) in [5.74, 6) is 1.16. The van der Waals surface area contributed by atoms with Gasteiger partial charge in [0.15, 0.2) is 0 Å². The smallest absolute Gasteiger partial charge is 0.245 e. The van der Waals surface area contributed by atoms with E-state index in [1.54, 1.807) is 6.20 Å². The fourth-order valence-electron chi connectivity index (χ4n) is 2.93. The number of carbonyl (C=O) groups is 1. The molecule has 1 atom stereocenters. The highest BCUT2D eigenvalue weighted by molar-refractivity contribution is 9.10.